The number of aliphatic hydroxyl groups is 1. The summed E-state index contributed by atoms with van der Waals surface area (Å²) in [6.45, 7) is 9.48. The Kier molecular flexibility index (Phi) is 3.65. The number of anilines is 1. The molecule has 0 aliphatic heterocycles. The third-order valence-corrected chi connectivity index (χ3v) is 3.85. The van der Waals surface area contributed by atoms with Gasteiger partial charge in [-0.2, -0.15) is 0 Å². The molecule has 1 aromatic rings. The minimum atomic E-state index is -0.824. The second kappa shape index (κ2) is 4.34. The summed E-state index contributed by atoms with van der Waals surface area (Å²) >= 11 is 3.41. The van der Waals surface area contributed by atoms with Crippen molar-refractivity contribution in [1.29, 1.82) is 0 Å². The molecule has 0 aliphatic rings. The molecule has 16 heavy (non-hydrogen) atoms. The van der Waals surface area contributed by atoms with Gasteiger partial charge in [0.1, 0.15) is 5.82 Å². The number of halogens is 1. The van der Waals surface area contributed by atoms with Gasteiger partial charge in [0.05, 0.1) is 11.1 Å². The molecule has 4 heteroatoms. The zero-order chi connectivity index (χ0) is 12.6. The summed E-state index contributed by atoms with van der Waals surface area (Å²) in [6.07, 6.45) is 1.76. The van der Waals surface area contributed by atoms with Crippen LogP contribution in [0, 0.1) is 6.92 Å². The lowest BCUT2D eigenvalue weighted by atomic mass is 9.86. The number of nitrogens with zero attached hydrogens (tertiary/aromatic N) is 1. The van der Waals surface area contributed by atoms with Gasteiger partial charge in [0.25, 0.3) is 0 Å². The summed E-state index contributed by atoms with van der Waals surface area (Å²) in [5.41, 5.74) is -0.153. The Morgan fingerprint density at radius 1 is 1.31 bits per heavy atom. The van der Waals surface area contributed by atoms with Crippen molar-refractivity contribution in [3.63, 3.8) is 0 Å². The molecule has 0 saturated heterocycles. The van der Waals surface area contributed by atoms with Crippen molar-refractivity contribution in [2.45, 2.75) is 45.8 Å². The highest BCUT2D eigenvalue weighted by Gasteiger charge is 2.35. The predicted octanol–water partition coefficient (Wildman–Crippen LogP) is 3.11. The van der Waals surface area contributed by atoms with Crippen LogP contribution in [0.5, 0.6) is 0 Å². The molecule has 0 atom stereocenters. The van der Waals surface area contributed by atoms with E-state index in [1.165, 1.54) is 0 Å². The highest BCUT2D eigenvalue weighted by Crippen LogP contribution is 2.26. The van der Waals surface area contributed by atoms with E-state index in [9.17, 15) is 5.11 Å². The molecular formula is C12H19BrN2O. The zero-order valence-electron chi connectivity index (χ0n) is 10.4. The first-order chi connectivity index (χ1) is 7.13. The molecule has 0 radical (unpaired) electrons. The lowest BCUT2D eigenvalue weighted by Gasteiger charge is -2.38. The number of pyridine rings is 1. The van der Waals surface area contributed by atoms with E-state index >= 15 is 0 Å². The van der Waals surface area contributed by atoms with E-state index in [1.54, 1.807) is 20.0 Å². The van der Waals surface area contributed by atoms with E-state index in [2.05, 4.69) is 26.2 Å². The summed E-state index contributed by atoms with van der Waals surface area (Å²) in [5, 5.41) is 13.3. The first-order valence-electron chi connectivity index (χ1n) is 5.26. The van der Waals surface area contributed by atoms with Crippen LogP contribution in [0.15, 0.2) is 16.7 Å². The third kappa shape index (κ3) is 2.95. The molecule has 0 spiro atoms. The second-order valence-electron chi connectivity index (χ2n) is 5.13. The maximum atomic E-state index is 10.0. The first kappa shape index (κ1) is 13.5. The van der Waals surface area contributed by atoms with Gasteiger partial charge in [-0.15, -0.1) is 0 Å². The summed E-state index contributed by atoms with van der Waals surface area (Å²) in [4.78, 5) is 4.27. The first-order valence-corrected chi connectivity index (χ1v) is 6.05. The molecule has 0 fully saturated rings. The summed E-state index contributed by atoms with van der Waals surface area (Å²) < 4.78 is 0.985. The molecule has 1 rings (SSSR count). The summed E-state index contributed by atoms with van der Waals surface area (Å²) in [5.74, 6) is 0.771. The number of rotatable bonds is 3. The van der Waals surface area contributed by atoms with Crippen LogP contribution in [0.25, 0.3) is 0 Å². The average Bonchev–Trinajstić information content (AvgIpc) is 2.09. The molecule has 0 aliphatic carbocycles. The van der Waals surface area contributed by atoms with Gasteiger partial charge in [0.15, 0.2) is 0 Å². The number of aryl methyl sites for hydroxylation is 1. The van der Waals surface area contributed by atoms with E-state index in [4.69, 9.17) is 0 Å². The maximum absolute atomic E-state index is 10.0. The molecule has 90 valence electrons. The number of nitrogens with one attached hydrogen (secondary N) is 1. The van der Waals surface area contributed by atoms with Crippen LogP contribution in [-0.4, -0.2) is 21.2 Å². The Morgan fingerprint density at radius 2 is 1.88 bits per heavy atom. The highest BCUT2D eigenvalue weighted by atomic mass is 79.9. The Morgan fingerprint density at radius 3 is 2.31 bits per heavy atom. The van der Waals surface area contributed by atoms with Crippen LogP contribution in [0.4, 0.5) is 5.82 Å². The molecular weight excluding hydrogens is 268 g/mol. The van der Waals surface area contributed by atoms with Gasteiger partial charge >= 0.3 is 0 Å². The molecule has 3 nitrogen and oxygen atoms in total. The van der Waals surface area contributed by atoms with Crippen molar-refractivity contribution in [1.82, 2.24) is 4.98 Å². The van der Waals surface area contributed by atoms with Crippen LogP contribution in [0.1, 0.15) is 33.3 Å². The lowest BCUT2D eigenvalue weighted by molar-refractivity contribution is 0.0239. The van der Waals surface area contributed by atoms with Gasteiger partial charge in [-0.25, -0.2) is 4.98 Å². The Bertz CT molecular complexity index is 383. The van der Waals surface area contributed by atoms with Gasteiger partial charge in [0, 0.05) is 10.7 Å². The van der Waals surface area contributed by atoms with Crippen molar-refractivity contribution < 1.29 is 5.11 Å². The Balaban J connectivity index is 2.93. The minimum Gasteiger partial charge on any atom is -0.388 e. The van der Waals surface area contributed by atoms with E-state index < -0.39 is 11.1 Å². The van der Waals surface area contributed by atoms with Crippen molar-refractivity contribution in [3.05, 3.63) is 22.3 Å². The second-order valence-corrected chi connectivity index (χ2v) is 5.98. The standard InChI is InChI=1S/C12H19BrN2O/c1-8-6-10(14-7-9(8)13)15-11(2,3)12(4,5)16/h6-7,16H,1-5H3,(H,14,15). The largest absolute Gasteiger partial charge is 0.388 e. The average molecular weight is 287 g/mol. The molecule has 2 N–H and O–H groups in total. The van der Waals surface area contributed by atoms with Crippen LogP contribution in [0.2, 0.25) is 0 Å². The monoisotopic (exact) mass is 286 g/mol. The topological polar surface area (TPSA) is 45.1 Å². The van der Waals surface area contributed by atoms with Gasteiger partial charge in [0.2, 0.25) is 0 Å². The maximum Gasteiger partial charge on any atom is 0.126 e. The summed E-state index contributed by atoms with van der Waals surface area (Å²) in [7, 11) is 0. The molecule has 1 heterocycles. The van der Waals surface area contributed by atoms with Crippen LogP contribution < -0.4 is 5.32 Å². The molecule has 0 aromatic carbocycles. The fourth-order valence-electron chi connectivity index (χ4n) is 1.08. The van der Waals surface area contributed by atoms with E-state index in [0.717, 1.165) is 15.9 Å². The third-order valence-electron chi connectivity index (χ3n) is 3.02. The van der Waals surface area contributed by atoms with Crippen molar-refractivity contribution in [3.8, 4) is 0 Å². The van der Waals surface area contributed by atoms with Crippen LogP contribution in [-0.2, 0) is 0 Å². The van der Waals surface area contributed by atoms with E-state index in [0.29, 0.717) is 0 Å². The predicted molar refractivity (Wildman–Crippen MR) is 70.7 cm³/mol. The lowest BCUT2D eigenvalue weighted by Crippen LogP contribution is -2.51. The fraction of sp³-hybridized carbons (Fsp3) is 0.583. The molecule has 0 bridgehead atoms. The van der Waals surface area contributed by atoms with Crippen molar-refractivity contribution >= 4 is 21.7 Å². The highest BCUT2D eigenvalue weighted by molar-refractivity contribution is 9.10. The smallest absolute Gasteiger partial charge is 0.126 e. The SMILES string of the molecule is Cc1cc(NC(C)(C)C(C)(C)O)ncc1Br. The fourth-order valence-corrected chi connectivity index (χ4v) is 1.30. The van der Waals surface area contributed by atoms with Crippen molar-refractivity contribution in [2.75, 3.05) is 5.32 Å². The summed E-state index contributed by atoms with van der Waals surface area (Å²) in [6, 6.07) is 1.96. The Labute approximate surface area is 105 Å². The normalized spacial score (nSPS) is 12.7. The molecule has 1 aromatic heterocycles. The number of hydrogen-bond donors (Lipinski definition) is 2. The molecule has 0 saturated carbocycles. The number of aromatic nitrogens is 1. The van der Waals surface area contributed by atoms with Gasteiger partial charge in [-0.05, 0) is 62.2 Å². The molecule has 0 unspecified atom stereocenters. The minimum absolute atomic E-state index is 0.444. The van der Waals surface area contributed by atoms with E-state index in [-0.39, 0.29) is 0 Å². The zero-order valence-corrected chi connectivity index (χ0v) is 12.0. The van der Waals surface area contributed by atoms with Gasteiger partial charge in [-0.3, -0.25) is 0 Å². The molecule has 0 amide bonds. The van der Waals surface area contributed by atoms with Gasteiger partial charge < -0.3 is 10.4 Å². The van der Waals surface area contributed by atoms with Crippen LogP contribution in [0.3, 0.4) is 0 Å². The van der Waals surface area contributed by atoms with Crippen LogP contribution >= 0.6 is 15.9 Å². The van der Waals surface area contributed by atoms with E-state index in [1.807, 2.05) is 26.8 Å². The van der Waals surface area contributed by atoms with Gasteiger partial charge in [-0.1, -0.05) is 0 Å². The van der Waals surface area contributed by atoms with Crippen molar-refractivity contribution in [2.24, 2.45) is 0 Å². The Hall–Kier alpha value is -0.610. The number of hydrogen-bond acceptors (Lipinski definition) is 3. The quantitative estimate of drug-likeness (QED) is 0.898.